The number of nitrogens with zero attached hydrogens (tertiary/aromatic N) is 2. The maximum absolute atomic E-state index is 5.38. The number of aromatic nitrogens is 2. The minimum Gasteiger partial charge on any atom is -0.494 e. The van der Waals surface area contributed by atoms with Crippen molar-refractivity contribution in [2.75, 3.05) is 6.61 Å². The number of ether oxygens (including phenoxy) is 1. The van der Waals surface area contributed by atoms with Crippen LogP contribution in [0.15, 0.2) is 42.9 Å². The van der Waals surface area contributed by atoms with Crippen LogP contribution in [0.3, 0.4) is 0 Å². The summed E-state index contributed by atoms with van der Waals surface area (Å²) in [5.41, 5.74) is 2.01. The fourth-order valence-electron chi connectivity index (χ4n) is 1.42. The molecule has 0 spiro atoms. The van der Waals surface area contributed by atoms with Gasteiger partial charge in [-0.2, -0.15) is 0 Å². The summed E-state index contributed by atoms with van der Waals surface area (Å²) < 4.78 is 5.38. The third-order valence-electron chi connectivity index (χ3n) is 2.24. The molecule has 1 aromatic heterocycles. The molecule has 1 heterocycles. The highest BCUT2D eigenvalue weighted by Gasteiger charge is 1.91. The highest BCUT2D eigenvalue weighted by atomic mass is 16.5. The van der Waals surface area contributed by atoms with E-state index in [1.807, 2.05) is 49.4 Å². The summed E-state index contributed by atoms with van der Waals surface area (Å²) in [6.07, 6.45) is 7.23. The molecule has 0 radical (unpaired) electrons. The smallest absolute Gasteiger partial charge is 0.119 e. The first-order valence-corrected chi connectivity index (χ1v) is 5.55. The Balaban J connectivity index is 2.06. The van der Waals surface area contributed by atoms with Gasteiger partial charge in [0.2, 0.25) is 0 Å². The molecule has 0 amide bonds. The van der Waals surface area contributed by atoms with Gasteiger partial charge >= 0.3 is 0 Å². The van der Waals surface area contributed by atoms with Gasteiger partial charge in [-0.25, -0.2) is 9.97 Å². The van der Waals surface area contributed by atoms with Crippen molar-refractivity contribution in [1.82, 2.24) is 9.97 Å². The van der Waals surface area contributed by atoms with Gasteiger partial charge < -0.3 is 4.74 Å². The summed E-state index contributed by atoms with van der Waals surface area (Å²) in [5, 5.41) is 0. The van der Waals surface area contributed by atoms with Crippen molar-refractivity contribution in [1.29, 1.82) is 0 Å². The summed E-state index contributed by atoms with van der Waals surface area (Å²) in [7, 11) is 0. The first-order chi connectivity index (χ1) is 8.38. The summed E-state index contributed by atoms with van der Waals surface area (Å²) in [6, 6.07) is 9.82. The normalized spacial score (nSPS) is 10.6. The first kappa shape index (κ1) is 11.3. The third kappa shape index (κ3) is 3.41. The second-order valence-electron chi connectivity index (χ2n) is 3.47. The third-order valence-corrected chi connectivity index (χ3v) is 2.24. The Morgan fingerprint density at radius 1 is 1.12 bits per heavy atom. The van der Waals surface area contributed by atoms with Gasteiger partial charge in [-0.1, -0.05) is 18.2 Å². The van der Waals surface area contributed by atoms with Gasteiger partial charge in [0.15, 0.2) is 0 Å². The van der Waals surface area contributed by atoms with Crippen molar-refractivity contribution in [3.8, 4) is 5.75 Å². The molecule has 2 rings (SSSR count). The van der Waals surface area contributed by atoms with Crippen molar-refractivity contribution in [2.45, 2.75) is 6.92 Å². The zero-order chi connectivity index (χ0) is 11.9. The van der Waals surface area contributed by atoms with E-state index in [9.17, 15) is 0 Å². The lowest BCUT2D eigenvalue weighted by molar-refractivity contribution is 0.340. The largest absolute Gasteiger partial charge is 0.494 e. The zero-order valence-corrected chi connectivity index (χ0v) is 9.71. The molecule has 2 aromatic rings. The van der Waals surface area contributed by atoms with E-state index in [0.29, 0.717) is 6.61 Å². The van der Waals surface area contributed by atoms with Crippen molar-refractivity contribution in [2.24, 2.45) is 0 Å². The van der Waals surface area contributed by atoms with Crippen LogP contribution in [0.1, 0.15) is 18.2 Å². The summed E-state index contributed by atoms with van der Waals surface area (Å²) in [4.78, 5) is 7.99. The lowest BCUT2D eigenvalue weighted by Crippen LogP contribution is -1.90. The van der Waals surface area contributed by atoms with Gasteiger partial charge in [-0.3, -0.25) is 0 Å². The number of hydrogen-bond donors (Lipinski definition) is 0. The molecular formula is C14H14N2O. The summed E-state index contributed by atoms with van der Waals surface area (Å²) in [5.74, 6) is 0.895. The molecule has 0 aliphatic heterocycles. The Hall–Kier alpha value is -2.16. The summed E-state index contributed by atoms with van der Waals surface area (Å²) >= 11 is 0. The van der Waals surface area contributed by atoms with Gasteiger partial charge in [0.05, 0.1) is 12.3 Å². The number of benzene rings is 1. The van der Waals surface area contributed by atoms with Gasteiger partial charge in [0.25, 0.3) is 0 Å². The van der Waals surface area contributed by atoms with E-state index in [0.717, 1.165) is 17.0 Å². The lowest BCUT2D eigenvalue weighted by atomic mass is 10.2. The Morgan fingerprint density at radius 2 is 1.94 bits per heavy atom. The molecule has 0 aliphatic rings. The Kier molecular flexibility index (Phi) is 3.86. The number of rotatable bonds is 4. The fourth-order valence-corrected chi connectivity index (χ4v) is 1.42. The maximum Gasteiger partial charge on any atom is 0.119 e. The van der Waals surface area contributed by atoms with Crippen LogP contribution in [-0.2, 0) is 0 Å². The summed E-state index contributed by atoms with van der Waals surface area (Å²) in [6.45, 7) is 2.67. The Labute approximate surface area is 101 Å². The SMILES string of the molecule is CCOc1ccc(C=Cc2ccncn2)cc1. The van der Waals surface area contributed by atoms with Gasteiger partial charge in [-0.05, 0) is 36.8 Å². The fraction of sp³-hybridized carbons (Fsp3) is 0.143. The van der Waals surface area contributed by atoms with Crippen LogP contribution in [0.2, 0.25) is 0 Å². The highest BCUT2D eigenvalue weighted by molar-refractivity contribution is 5.67. The molecule has 0 N–H and O–H groups in total. The first-order valence-electron chi connectivity index (χ1n) is 5.55. The van der Waals surface area contributed by atoms with E-state index in [4.69, 9.17) is 4.74 Å². The van der Waals surface area contributed by atoms with E-state index in [-0.39, 0.29) is 0 Å². The van der Waals surface area contributed by atoms with E-state index in [1.54, 1.807) is 6.20 Å². The molecule has 86 valence electrons. The van der Waals surface area contributed by atoms with Crippen LogP contribution < -0.4 is 4.74 Å². The Bertz CT molecular complexity index is 477. The van der Waals surface area contributed by atoms with E-state index >= 15 is 0 Å². The van der Waals surface area contributed by atoms with Crippen LogP contribution in [0.4, 0.5) is 0 Å². The molecule has 0 saturated carbocycles. The van der Waals surface area contributed by atoms with E-state index in [2.05, 4.69) is 9.97 Å². The highest BCUT2D eigenvalue weighted by Crippen LogP contribution is 2.13. The molecule has 0 fully saturated rings. The molecular weight excluding hydrogens is 212 g/mol. The number of hydrogen-bond acceptors (Lipinski definition) is 3. The average Bonchev–Trinajstić information content (AvgIpc) is 2.40. The van der Waals surface area contributed by atoms with Crippen LogP contribution in [-0.4, -0.2) is 16.6 Å². The molecule has 0 atom stereocenters. The van der Waals surface area contributed by atoms with E-state index < -0.39 is 0 Å². The maximum atomic E-state index is 5.38. The minimum absolute atomic E-state index is 0.691. The monoisotopic (exact) mass is 226 g/mol. The van der Waals surface area contributed by atoms with Crippen molar-refractivity contribution in [3.63, 3.8) is 0 Å². The second-order valence-corrected chi connectivity index (χ2v) is 3.47. The molecule has 0 unspecified atom stereocenters. The average molecular weight is 226 g/mol. The van der Waals surface area contributed by atoms with E-state index in [1.165, 1.54) is 6.33 Å². The second kappa shape index (κ2) is 5.80. The molecule has 3 heteroatoms. The van der Waals surface area contributed by atoms with Crippen molar-refractivity contribution in [3.05, 3.63) is 54.1 Å². The van der Waals surface area contributed by atoms with Gasteiger partial charge in [0.1, 0.15) is 12.1 Å². The lowest BCUT2D eigenvalue weighted by Gasteiger charge is -2.02. The van der Waals surface area contributed by atoms with Gasteiger partial charge in [-0.15, -0.1) is 0 Å². The van der Waals surface area contributed by atoms with Crippen molar-refractivity contribution >= 4 is 12.2 Å². The molecule has 3 nitrogen and oxygen atoms in total. The van der Waals surface area contributed by atoms with Crippen LogP contribution in [0.25, 0.3) is 12.2 Å². The van der Waals surface area contributed by atoms with Crippen molar-refractivity contribution < 1.29 is 4.74 Å². The zero-order valence-electron chi connectivity index (χ0n) is 9.71. The molecule has 0 aliphatic carbocycles. The topological polar surface area (TPSA) is 35.0 Å². The molecule has 1 aromatic carbocycles. The van der Waals surface area contributed by atoms with Gasteiger partial charge in [0, 0.05) is 6.20 Å². The molecule has 0 bridgehead atoms. The standard InChI is InChI=1S/C14H14N2O/c1-2-17-14-7-4-12(5-8-14)3-6-13-9-10-15-11-16-13/h3-11H,2H2,1H3. The minimum atomic E-state index is 0.691. The predicted octanol–water partition coefficient (Wildman–Crippen LogP) is 3.05. The predicted molar refractivity (Wildman–Crippen MR) is 68.6 cm³/mol. The molecule has 17 heavy (non-hydrogen) atoms. The van der Waals surface area contributed by atoms with Crippen LogP contribution in [0, 0.1) is 0 Å². The Morgan fingerprint density at radius 3 is 2.59 bits per heavy atom. The molecule has 0 saturated heterocycles. The van der Waals surface area contributed by atoms with Crippen LogP contribution >= 0.6 is 0 Å². The quantitative estimate of drug-likeness (QED) is 0.803. The van der Waals surface area contributed by atoms with Crippen LogP contribution in [0.5, 0.6) is 5.75 Å².